The topological polar surface area (TPSA) is 49.3 Å². The van der Waals surface area contributed by atoms with Crippen molar-refractivity contribution in [2.45, 2.75) is 36.6 Å². The number of carbonyl (C=O) groups is 1. The van der Waals surface area contributed by atoms with Crippen molar-refractivity contribution in [3.63, 3.8) is 0 Å². The number of anilines is 1. The fourth-order valence-corrected chi connectivity index (χ4v) is 5.39. The maximum Gasteiger partial charge on any atom is 0.329 e. The van der Waals surface area contributed by atoms with Crippen LogP contribution >= 0.6 is 27.5 Å². The van der Waals surface area contributed by atoms with E-state index in [1.54, 1.807) is 36.4 Å². The predicted octanol–water partition coefficient (Wildman–Crippen LogP) is 6.11. The van der Waals surface area contributed by atoms with Crippen LogP contribution in [0.2, 0.25) is 5.02 Å². The molecule has 4 rings (SSSR count). The highest BCUT2D eigenvalue weighted by Crippen LogP contribution is 2.55. The van der Waals surface area contributed by atoms with Gasteiger partial charge in [0.25, 0.3) is 0 Å². The highest BCUT2D eigenvalue weighted by Gasteiger charge is 2.51. The Labute approximate surface area is 174 Å². The van der Waals surface area contributed by atoms with Gasteiger partial charge in [0.2, 0.25) is 0 Å². The fraction of sp³-hybridized carbons (Fsp3) is 0.286. The van der Waals surface area contributed by atoms with Crippen LogP contribution in [-0.2, 0) is 10.2 Å². The number of carboxylic acids is 1. The van der Waals surface area contributed by atoms with E-state index in [4.69, 9.17) is 11.6 Å². The minimum absolute atomic E-state index is 0.248. The molecule has 0 aromatic heterocycles. The van der Waals surface area contributed by atoms with Crippen molar-refractivity contribution >= 4 is 45.3 Å². The summed E-state index contributed by atoms with van der Waals surface area (Å²) in [6.07, 6.45) is 3.25. The predicted molar refractivity (Wildman–Crippen MR) is 109 cm³/mol. The van der Waals surface area contributed by atoms with E-state index in [2.05, 4.69) is 21.2 Å². The van der Waals surface area contributed by atoms with E-state index in [1.807, 2.05) is 0 Å². The van der Waals surface area contributed by atoms with Gasteiger partial charge in [-0.15, -0.1) is 0 Å². The maximum atomic E-state index is 14.3. The standard InChI is InChI=1S/C21H17BrClF2NO2/c22-17-11-14-15(4-5-16(24)18(14)25)20(17)6-8-21(9-7-20,19(27)28)26-13-3-1-2-12(23)10-13/h1-5,10-11,26H,6-9H2,(H,27,28). The molecule has 0 bridgehead atoms. The first-order valence-electron chi connectivity index (χ1n) is 8.91. The van der Waals surface area contributed by atoms with Crippen molar-refractivity contribution in [2.75, 3.05) is 5.32 Å². The zero-order valence-electron chi connectivity index (χ0n) is 14.7. The number of halogens is 4. The van der Waals surface area contributed by atoms with Gasteiger partial charge in [-0.3, -0.25) is 0 Å². The van der Waals surface area contributed by atoms with Crippen LogP contribution < -0.4 is 5.32 Å². The van der Waals surface area contributed by atoms with Crippen LogP contribution in [-0.4, -0.2) is 16.6 Å². The first kappa shape index (κ1) is 19.4. The number of benzene rings is 2. The van der Waals surface area contributed by atoms with E-state index in [1.165, 1.54) is 0 Å². The zero-order valence-corrected chi connectivity index (χ0v) is 17.1. The van der Waals surface area contributed by atoms with Crippen LogP contribution in [0, 0.1) is 11.6 Å². The lowest BCUT2D eigenvalue weighted by Crippen LogP contribution is -2.52. The molecule has 0 atom stereocenters. The second-order valence-electron chi connectivity index (χ2n) is 7.42. The highest BCUT2D eigenvalue weighted by atomic mass is 79.9. The number of carboxylic acid groups (broad SMARTS) is 1. The summed E-state index contributed by atoms with van der Waals surface area (Å²) in [6.45, 7) is 0. The monoisotopic (exact) mass is 467 g/mol. The third-order valence-corrected chi connectivity index (χ3v) is 7.17. The molecule has 2 aromatic carbocycles. The Morgan fingerprint density at radius 2 is 1.86 bits per heavy atom. The summed E-state index contributed by atoms with van der Waals surface area (Å²) in [5.74, 6) is -2.69. The molecule has 2 aromatic rings. The lowest BCUT2D eigenvalue weighted by Gasteiger charge is -2.44. The Balaban J connectivity index is 1.66. The quantitative estimate of drug-likeness (QED) is 0.571. The van der Waals surface area contributed by atoms with Crippen molar-refractivity contribution in [3.05, 3.63) is 68.7 Å². The number of allylic oxidation sites excluding steroid dienone is 1. The van der Waals surface area contributed by atoms with Crippen molar-refractivity contribution in [2.24, 2.45) is 0 Å². The molecule has 0 radical (unpaired) electrons. The largest absolute Gasteiger partial charge is 0.480 e. The van der Waals surface area contributed by atoms with E-state index in [0.717, 1.165) is 10.5 Å². The summed E-state index contributed by atoms with van der Waals surface area (Å²) in [5.41, 5.74) is -0.0819. The van der Waals surface area contributed by atoms with Gasteiger partial charge in [-0.1, -0.05) is 39.7 Å². The lowest BCUT2D eigenvalue weighted by molar-refractivity contribution is -0.143. The van der Waals surface area contributed by atoms with Crippen LogP contribution in [0.3, 0.4) is 0 Å². The molecule has 2 aliphatic carbocycles. The van der Waals surface area contributed by atoms with Crippen molar-refractivity contribution in [1.29, 1.82) is 0 Å². The Hall–Kier alpha value is -1.92. The van der Waals surface area contributed by atoms with Crippen LogP contribution in [0.15, 0.2) is 40.9 Å². The molecule has 1 saturated carbocycles. The maximum absolute atomic E-state index is 14.3. The number of aliphatic carboxylic acids is 1. The normalized spacial score (nSPS) is 26.1. The molecular formula is C21H17BrClF2NO2. The molecular weight excluding hydrogens is 452 g/mol. The number of rotatable bonds is 3. The smallest absolute Gasteiger partial charge is 0.329 e. The Morgan fingerprint density at radius 1 is 1.14 bits per heavy atom. The molecule has 0 unspecified atom stereocenters. The molecule has 0 saturated heterocycles. The first-order chi connectivity index (χ1) is 13.3. The molecule has 2 aliphatic rings. The van der Waals surface area contributed by atoms with Crippen LogP contribution in [0.1, 0.15) is 36.8 Å². The molecule has 3 nitrogen and oxygen atoms in total. The second-order valence-corrected chi connectivity index (χ2v) is 8.71. The van der Waals surface area contributed by atoms with E-state index in [-0.39, 0.29) is 5.56 Å². The Kier molecular flexibility index (Phi) is 4.74. The summed E-state index contributed by atoms with van der Waals surface area (Å²) < 4.78 is 28.7. The molecule has 1 spiro atoms. The minimum atomic E-state index is -1.15. The number of hydrogen-bond acceptors (Lipinski definition) is 2. The minimum Gasteiger partial charge on any atom is -0.480 e. The fourth-order valence-electron chi connectivity index (χ4n) is 4.36. The molecule has 0 heterocycles. The van der Waals surface area contributed by atoms with Gasteiger partial charge < -0.3 is 10.4 Å². The molecule has 28 heavy (non-hydrogen) atoms. The average Bonchev–Trinajstić information content (AvgIpc) is 2.93. The van der Waals surface area contributed by atoms with Gasteiger partial charge >= 0.3 is 5.97 Å². The van der Waals surface area contributed by atoms with Gasteiger partial charge in [-0.05, 0) is 61.6 Å². The van der Waals surface area contributed by atoms with Crippen molar-refractivity contribution in [1.82, 2.24) is 0 Å². The van der Waals surface area contributed by atoms with Gasteiger partial charge in [0.15, 0.2) is 11.6 Å². The highest BCUT2D eigenvalue weighted by molar-refractivity contribution is 9.11. The zero-order chi connectivity index (χ0) is 20.1. The van der Waals surface area contributed by atoms with Gasteiger partial charge in [0.1, 0.15) is 5.54 Å². The number of fused-ring (bicyclic) bond motifs is 2. The summed E-state index contributed by atoms with van der Waals surface area (Å²) in [6, 6.07) is 9.69. The van der Waals surface area contributed by atoms with Gasteiger partial charge in [0.05, 0.1) is 0 Å². The van der Waals surface area contributed by atoms with Crippen molar-refractivity contribution in [3.8, 4) is 0 Å². The van der Waals surface area contributed by atoms with Crippen LogP contribution in [0.25, 0.3) is 6.08 Å². The van der Waals surface area contributed by atoms with E-state index in [9.17, 15) is 18.7 Å². The Morgan fingerprint density at radius 3 is 2.50 bits per heavy atom. The van der Waals surface area contributed by atoms with Crippen LogP contribution in [0.5, 0.6) is 0 Å². The number of nitrogens with one attached hydrogen (secondary N) is 1. The van der Waals surface area contributed by atoms with Crippen molar-refractivity contribution < 1.29 is 18.7 Å². The Bertz CT molecular complexity index is 1000. The summed E-state index contributed by atoms with van der Waals surface area (Å²) >= 11 is 9.56. The molecule has 146 valence electrons. The summed E-state index contributed by atoms with van der Waals surface area (Å²) in [7, 11) is 0. The molecule has 0 amide bonds. The summed E-state index contributed by atoms with van der Waals surface area (Å²) in [4.78, 5) is 12.2. The van der Waals surface area contributed by atoms with Gasteiger partial charge in [-0.2, -0.15) is 0 Å². The second kappa shape index (κ2) is 6.85. The van der Waals surface area contributed by atoms with Gasteiger partial charge in [-0.25, -0.2) is 13.6 Å². The third kappa shape index (κ3) is 2.94. The SMILES string of the molecule is O=C(O)C1(Nc2cccc(Cl)c2)CCC2(CC1)C(Br)=Cc1c2ccc(F)c1F. The number of hydrogen-bond donors (Lipinski definition) is 2. The van der Waals surface area contributed by atoms with E-state index >= 15 is 0 Å². The first-order valence-corrected chi connectivity index (χ1v) is 10.1. The molecule has 1 fully saturated rings. The summed E-state index contributed by atoms with van der Waals surface area (Å²) in [5, 5.41) is 13.6. The van der Waals surface area contributed by atoms with Gasteiger partial charge in [0, 0.05) is 26.2 Å². The van der Waals surface area contributed by atoms with Crippen LogP contribution in [0.4, 0.5) is 14.5 Å². The lowest BCUT2D eigenvalue weighted by atomic mass is 9.65. The molecule has 0 aliphatic heterocycles. The third-order valence-electron chi connectivity index (χ3n) is 5.95. The van der Waals surface area contributed by atoms with E-state index < -0.39 is 28.6 Å². The average molecular weight is 469 g/mol. The molecule has 2 N–H and O–H groups in total. The molecule has 7 heteroatoms. The van der Waals surface area contributed by atoms with E-state index in [0.29, 0.717) is 42.0 Å².